The maximum Gasteiger partial charge on any atom is 2.00 e. The average Bonchev–Trinajstić information content (AvgIpc) is 2.53. The molecule has 0 rings (SSSR count). The first kappa shape index (κ1) is 29.6. The molecule has 0 saturated carbocycles. The van der Waals surface area contributed by atoms with E-state index in [0.29, 0.717) is 0 Å². The summed E-state index contributed by atoms with van der Waals surface area (Å²) in [7, 11) is 0. The van der Waals surface area contributed by atoms with Gasteiger partial charge in [0.1, 0.15) is 12.2 Å². The second-order valence-corrected chi connectivity index (χ2v) is 4.78. The zero-order valence-electron chi connectivity index (χ0n) is 13.2. The van der Waals surface area contributed by atoms with E-state index in [4.69, 9.17) is 40.9 Å². The van der Waals surface area contributed by atoms with Crippen molar-refractivity contribution in [1.29, 1.82) is 0 Å². The van der Waals surface area contributed by atoms with Gasteiger partial charge in [-0.25, -0.2) is 0 Å². The van der Waals surface area contributed by atoms with Crippen molar-refractivity contribution in [3.8, 4) is 0 Å². The van der Waals surface area contributed by atoms with Crippen LogP contribution in [0, 0.1) is 0 Å². The number of aliphatic hydroxyl groups is 8. The number of aliphatic hydroxyl groups excluding tert-OH is 8. The van der Waals surface area contributed by atoms with Gasteiger partial charge in [0.05, 0.1) is 49.6 Å². The van der Waals surface area contributed by atoms with Crippen molar-refractivity contribution >= 4 is 49.7 Å². The van der Waals surface area contributed by atoms with E-state index in [1.807, 2.05) is 0 Å². The number of aliphatic carboxylic acids is 2. The molecule has 0 radical (unpaired) electrons. The van der Waals surface area contributed by atoms with E-state index in [1.54, 1.807) is 0 Å². The Morgan fingerprint density at radius 2 is 0.880 bits per heavy atom. The summed E-state index contributed by atoms with van der Waals surface area (Å²) < 4.78 is 0. The van der Waals surface area contributed by atoms with E-state index in [9.17, 15) is 19.8 Å². The second-order valence-electron chi connectivity index (χ2n) is 4.78. The van der Waals surface area contributed by atoms with E-state index < -0.39 is 74.6 Å². The maximum atomic E-state index is 9.93. The third kappa shape index (κ3) is 14.7. The van der Waals surface area contributed by atoms with Gasteiger partial charge in [-0.1, -0.05) is 0 Å². The summed E-state index contributed by atoms with van der Waals surface area (Å²) in [5.74, 6) is -3.45. The van der Waals surface area contributed by atoms with Crippen molar-refractivity contribution in [3.63, 3.8) is 0 Å². The Morgan fingerprint density at radius 1 is 0.640 bits per heavy atom. The van der Waals surface area contributed by atoms with Crippen LogP contribution in [0.15, 0.2) is 0 Å². The number of rotatable bonds is 10. The summed E-state index contributed by atoms with van der Waals surface area (Å²) in [5, 5.41) is 88.9. The number of carbonyl (C=O) groups is 2. The van der Waals surface area contributed by atoms with Gasteiger partial charge in [0.15, 0.2) is 0 Å². The van der Waals surface area contributed by atoms with Gasteiger partial charge < -0.3 is 60.7 Å². The molecule has 12 nitrogen and oxygen atoms in total. The largest absolute Gasteiger partial charge is 2.00 e. The molecule has 0 spiro atoms. The van der Waals surface area contributed by atoms with E-state index in [0.717, 1.165) is 0 Å². The van der Waals surface area contributed by atoms with Gasteiger partial charge in [-0.15, -0.1) is 0 Å². The van der Waals surface area contributed by atoms with Gasteiger partial charge in [0, 0.05) is 12.8 Å². The van der Waals surface area contributed by atoms with Gasteiger partial charge in [0.25, 0.3) is 0 Å². The van der Waals surface area contributed by atoms with Gasteiger partial charge in [-0.05, 0) is 0 Å². The number of carboxylic acids is 2. The smallest absolute Gasteiger partial charge is 0.547 e. The Labute approximate surface area is 172 Å². The van der Waals surface area contributed by atoms with E-state index in [2.05, 4.69) is 0 Å². The molecule has 0 saturated heterocycles. The molecule has 0 aliphatic rings. The summed E-state index contributed by atoms with van der Waals surface area (Å²) in [5.41, 5.74) is 0. The van der Waals surface area contributed by atoms with Crippen LogP contribution in [-0.4, -0.2) is 140 Å². The summed E-state index contributed by atoms with van der Waals surface area (Å²) >= 11 is 0. The molecule has 0 aliphatic heterocycles. The molecule has 8 N–H and O–H groups in total. The molecule has 0 aromatic carbocycles. The fourth-order valence-corrected chi connectivity index (χ4v) is 1.21. The molecule has 144 valence electrons. The molecule has 0 heterocycles. The van der Waals surface area contributed by atoms with Gasteiger partial charge in [0.2, 0.25) is 0 Å². The minimum atomic E-state index is -1.83. The average molecular weight is 398 g/mol. The van der Waals surface area contributed by atoms with Crippen molar-refractivity contribution in [1.82, 2.24) is 0 Å². The van der Waals surface area contributed by atoms with Crippen LogP contribution in [0.4, 0.5) is 0 Å². The molecular weight excluding hydrogens is 376 g/mol. The Morgan fingerprint density at radius 3 is 1.04 bits per heavy atom. The van der Waals surface area contributed by atoms with Crippen LogP contribution >= 0.6 is 0 Å². The zero-order chi connectivity index (χ0) is 19.4. The Kier molecular flexibility index (Phi) is 19.1. The first-order chi connectivity index (χ1) is 11.0. The number of carbonyl (C=O) groups excluding carboxylic acids is 2. The van der Waals surface area contributed by atoms with E-state index >= 15 is 0 Å². The first-order valence-electron chi connectivity index (χ1n) is 6.69. The Balaban J connectivity index is -0.000000372. The topological polar surface area (TPSA) is 242 Å². The summed E-state index contributed by atoms with van der Waals surface area (Å²) in [6, 6.07) is 0. The molecule has 6 atom stereocenters. The normalized spacial score (nSPS) is 17.6. The third-order valence-electron chi connectivity index (χ3n) is 2.74. The fourth-order valence-electron chi connectivity index (χ4n) is 1.21. The van der Waals surface area contributed by atoms with E-state index in [1.165, 1.54) is 0 Å². The van der Waals surface area contributed by atoms with E-state index in [-0.39, 0.29) is 37.7 Å². The molecule has 6 unspecified atom stereocenters. The molecule has 0 amide bonds. The standard InChI is InChI=1S/2C6H12O6.Ca/c2*7-2-5(10)3(8)1-4(9)6(11)12;/h2*3-5,7-10H,1-2H2,(H,11,12);/q;;+2/p-2. The predicted octanol–water partition coefficient (Wildman–Crippen LogP) is -7.98. The molecule has 25 heavy (non-hydrogen) atoms. The minimum Gasteiger partial charge on any atom is -0.547 e. The van der Waals surface area contributed by atoms with Crippen LogP contribution in [0.2, 0.25) is 0 Å². The molecular formula is C12H22CaO12. The monoisotopic (exact) mass is 398 g/mol. The van der Waals surface area contributed by atoms with Crippen LogP contribution < -0.4 is 10.2 Å². The second kappa shape index (κ2) is 16.1. The van der Waals surface area contributed by atoms with Crippen molar-refractivity contribution in [2.24, 2.45) is 0 Å². The van der Waals surface area contributed by atoms with Crippen LogP contribution in [0.5, 0.6) is 0 Å². The number of hydrogen-bond acceptors (Lipinski definition) is 12. The summed E-state index contributed by atoms with van der Waals surface area (Å²) in [6.45, 7) is -1.39. The molecule has 0 fully saturated rings. The van der Waals surface area contributed by atoms with Crippen LogP contribution in [0.3, 0.4) is 0 Å². The van der Waals surface area contributed by atoms with Gasteiger partial charge in [-0.2, -0.15) is 0 Å². The summed E-state index contributed by atoms with van der Waals surface area (Å²) in [6.07, 6.45) is -10.6. The van der Waals surface area contributed by atoms with Crippen LogP contribution in [0.1, 0.15) is 12.8 Å². The number of hydrogen-bond donors (Lipinski definition) is 8. The molecule has 0 aromatic heterocycles. The molecule has 0 bridgehead atoms. The Bertz CT molecular complexity index is 334. The van der Waals surface area contributed by atoms with Crippen molar-refractivity contribution in [2.75, 3.05) is 13.2 Å². The number of carboxylic acid groups (broad SMARTS) is 2. The minimum absolute atomic E-state index is 0. The molecule has 0 aliphatic carbocycles. The SMILES string of the molecule is O=C([O-])C(O)CC(O)C(O)CO.O=C([O-])C(O)CC(O)C(O)CO.[Ca+2]. The van der Waals surface area contributed by atoms with Gasteiger partial charge >= 0.3 is 37.7 Å². The first-order valence-corrected chi connectivity index (χ1v) is 6.69. The van der Waals surface area contributed by atoms with Crippen molar-refractivity contribution in [3.05, 3.63) is 0 Å². The van der Waals surface area contributed by atoms with Crippen molar-refractivity contribution in [2.45, 2.75) is 49.5 Å². The zero-order valence-corrected chi connectivity index (χ0v) is 15.4. The molecule has 0 aromatic rings. The fraction of sp³-hybridized carbons (Fsp3) is 0.833. The predicted molar refractivity (Wildman–Crippen MR) is 75.2 cm³/mol. The maximum absolute atomic E-state index is 9.93. The van der Waals surface area contributed by atoms with Crippen LogP contribution in [0.25, 0.3) is 0 Å². The summed E-state index contributed by atoms with van der Waals surface area (Å²) in [4.78, 5) is 19.9. The Hall–Kier alpha value is -0.120. The van der Waals surface area contributed by atoms with Crippen molar-refractivity contribution < 1.29 is 60.7 Å². The quantitative estimate of drug-likeness (QED) is 0.160. The third-order valence-corrected chi connectivity index (χ3v) is 2.74. The van der Waals surface area contributed by atoms with Crippen LogP contribution in [-0.2, 0) is 9.59 Å². The van der Waals surface area contributed by atoms with Gasteiger partial charge in [-0.3, -0.25) is 0 Å². The molecule has 13 heteroatoms.